The van der Waals surface area contributed by atoms with E-state index in [9.17, 15) is 14.7 Å². The maximum Gasteiger partial charge on any atom is 0.273 e. The minimum atomic E-state index is -0.528. The molecule has 1 aromatic rings. The van der Waals surface area contributed by atoms with Crippen LogP contribution in [0.1, 0.15) is 35.2 Å². The molecule has 0 aromatic heterocycles. The summed E-state index contributed by atoms with van der Waals surface area (Å²) in [4.78, 5) is 23.7. The molecule has 0 bridgehead atoms. The maximum absolute atomic E-state index is 11.9. The number of carbonyl (C=O) groups is 2. The molecule has 2 rings (SSSR count). The number of carbonyl (C=O) groups excluding carboxylic acids is 2. The zero-order valence-corrected chi connectivity index (χ0v) is 11.3. The van der Waals surface area contributed by atoms with E-state index in [0.717, 1.165) is 19.3 Å². The van der Waals surface area contributed by atoms with Crippen LogP contribution in [0.4, 0.5) is 0 Å². The number of para-hydroxylation sites is 1. The van der Waals surface area contributed by atoms with E-state index in [-0.39, 0.29) is 23.1 Å². The average molecular weight is 274 g/mol. The molecule has 2 amide bonds. The summed E-state index contributed by atoms with van der Waals surface area (Å²) in [6, 6.07) is 4.89. The minimum Gasteiger partial charge on any atom is -0.507 e. The van der Waals surface area contributed by atoms with Gasteiger partial charge in [-0.15, -0.1) is 0 Å². The Hall–Kier alpha value is -2.30. The Morgan fingerprint density at radius 2 is 2.10 bits per heavy atom. The molecule has 1 aliphatic rings. The highest BCUT2D eigenvalue weighted by Gasteiger charge is 2.18. The summed E-state index contributed by atoms with van der Waals surface area (Å²) in [7, 11) is 0. The van der Waals surface area contributed by atoms with Gasteiger partial charge in [0, 0.05) is 0 Å². The predicted molar refractivity (Wildman–Crippen MR) is 74.9 cm³/mol. The number of aromatic hydroxyl groups is 1. The van der Waals surface area contributed by atoms with E-state index >= 15 is 0 Å². The van der Waals surface area contributed by atoms with Gasteiger partial charge in [-0.1, -0.05) is 24.3 Å². The summed E-state index contributed by atoms with van der Waals surface area (Å²) in [5, 5.41) is 9.80. The van der Waals surface area contributed by atoms with Gasteiger partial charge in [-0.2, -0.15) is 0 Å². The van der Waals surface area contributed by atoms with E-state index in [1.165, 1.54) is 6.07 Å². The molecule has 0 saturated carbocycles. The SMILES string of the molecule is Cc1cccc(C(=O)NNC(=O)[C@H]2C=CCCC2)c1O. The van der Waals surface area contributed by atoms with E-state index in [0.29, 0.717) is 5.56 Å². The number of hydrazine groups is 1. The number of benzene rings is 1. The normalized spacial score (nSPS) is 17.6. The first-order chi connectivity index (χ1) is 9.59. The summed E-state index contributed by atoms with van der Waals surface area (Å²) in [5.74, 6) is -1.03. The second kappa shape index (κ2) is 6.23. The van der Waals surface area contributed by atoms with Crippen molar-refractivity contribution in [3.8, 4) is 5.75 Å². The van der Waals surface area contributed by atoms with Crippen molar-refractivity contribution in [1.82, 2.24) is 10.9 Å². The molecular weight excluding hydrogens is 256 g/mol. The number of rotatable bonds is 2. The van der Waals surface area contributed by atoms with Crippen LogP contribution in [0.3, 0.4) is 0 Å². The quantitative estimate of drug-likeness (QED) is 0.568. The van der Waals surface area contributed by atoms with E-state index in [2.05, 4.69) is 10.9 Å². The number of phenolic OH excluding ortho intramolecular Hbond substituents is 1. The smallest absolute Gasteiger partial charge is 0.273 e. The second-order valence-electron chi connectivity index (χ2n) is 4.88. The number of hydrogen-bond acceptors (Lipinski definition) is 3. The number of hydrogen-bond donors (Lipinski definition) is 3. The third kappa shape index (κ3) is 3.17. The average Bonchev–Trinajstić information content (AvgIpc) is 2.48. The molecule has 1 aliphatic carbocycles. The molecule has 0 fully saturated rings. The van der Waals surface area contributed by atoms with Crippen molar-refractivity contribution in [3.63, 3.8) is 0 Å². The molecule has 0 spiro atoms. The lowest BCUT2D eigenvalue weighted by atomic mass is 9.95. The fourth-order valence-electron chi connectivity index (χ4n) is 2.15. The number of amides is 2. The summed E-state index contributed by atoms with van der Waals surface area (Å²) >= 11 is 0. The monoisotopic (exact) mass is 274 g/mol. The van der Waals surface area contributed by atoms with Crippen molar-refractivity contribution < 1.29 is 14.7 Å². The Morgan fingerprint density at radius 3 is 2.80 bits per heavy atom. The van der Waals surface area contributed by atoms with E-state index in [1.54, 1.807) is 19.1 Å². The molecule has 0 saturated heterocycles. The molecule has 5 nitrogen and oxygen atoms in total. The van der Waals surface area contributed by atoms with Gasteiger partial charge in [-0.05, 0) is 37.8 Å². The zero-order valence-electron chi connectivity index (χ0n) is 11.3. The maximum atomic E-state index is 11.9. The second-order valence-corrected chi connectivity index (χ2v) is 4.88. The first-order valence-electron chi connectivity index (χ1n) is 6.65. The highest BCUT2D eigenvalue weighted by Crippen LogP contribution is 2.21. The van der Waals surface area contributed by atoms with Crippen LogP contribution in [0.2, 0.25) is 0 Å². The first-order valence-corrected chi connectivity index (χ1v) is 6.65. The largest absolute Gasteiger partial charge is 0.507 e. The minimum absolute atomic E-state index is 0.0724. The third-order valence-electron chi connectivity index (χ3n) is 3.37. The molecule has 0 unspecified atom stereocenters. The van der Waals surface area contributed by atoms with Crippen molar-refractivity contribution in [3.05, 3.63) is 41.5 Å². The van der Waals surface area contributed by atoms with E-state index < -0.39 is 5.91 Å². The van der Waals surface area contributed by atoms with Crippen LogP contribution in [0.25, 0.3) is 0 Å². The molecule has 1 atom stereocenters. The lowest BCUT2D eigenvalue weighted by Gasteiger charge is -2.16. The van der Waals surface area contributed by atoms with Gasteiger partial charge in [0.1, 0.15) is 5.75 Å². The summed E-state index contributed by atoms with van der Waals surface area (Å²) in [6.07, 6.45) is 6.58. The number of nitrogens with one attached hydrogen (secondary N) is 2. The molecular formula is C15H18N2O3. The highest BCUT2D eigenvalue weighted by molar-refractivity contribution is 5.98. The standard InChI is InChI=1S/C15H18N2O3/c1-10-6-5-9-12(13(10)18)15(20)17-16-14(19)11-7-3-2-4-8-11/h3,5-7,9,11,18H,2,4,8H2,1H3,(H,16,19)(H,17,20)/t11-/m0/s1. The predicted octanol–water partition coefficient (Wildman–Crippen LogP) is 1.82. The number of aryl methyl sites for hydroxylation is 1. The molecule has 20 heavy (non-hydrogen) atoms. The molecule has 0 heterocycles. The van der Waals surface area contributed by atoms with Gasteiger partial charge in [0.2, 0.25) is 5.91 Å². The number of phenols is 1. The van der Waals surface area contributed by atoms with Crippen LogP contribution in [0.5, 0.6) is 5.75 Å². The van der Waals surface area contributed by atoms with Crippen LogP contribution in [0, 0.1) is 12.8 Å². The van der Waals surface area contributed by atoms with Crippen molar-refractivity contribution in [2.75, 3.05) is 0 Å². The van der Waals surface area contributed by atoms with Crippen LogP contribution < -0.4 is 10.9 Å². The van der Waals surface area contributed by atoms with E-state index in [4.69, 9.17) is 0 Å². The van der Waals surface area contributed by atoms with Gasteiger partial charge >= 0.3 is 0 Å². The van der Waals surface area contributed by atoms with Crippen LogP contribution in [-0.2, 0) is 4.79 Å². The van der Waals surface area contributed by atoms with Gasteiger partial charge in [0.25, 0.3) is 5.91 Å². The Bertz CT molecular complexity index is 552. The highest BCUT2D eigenvalue weighted by atomic mass is 16.3. The summed E-state index contributed by atoms with van der Waals surface area (Å²) in [5.41, 5.74) is 5.48. The lowest BCUT2D eigenvalue weighted by Crippen LogP contribution is -2.44. The third-order valence-corrected chi connectivity index (χ3v) is 3.37. The summed E-state index contributed by atoms with van der Waals surface area (Å²) < 4.78 is 0. The summed E-state index contributed by atoms with van der Waals surface area (Å²) in [6.45, 7) is 1.71. The Morgan fingerprint density at radius 1 is 1.30 bits per heavy atom. The fraction of sp³-hybridized carbons (Fsp3) is 0.333. The topological polar surface area (TPSA) is 78.4 Å². The van der Waals surface area contributed by atoms with E-state index in [1.807, 2.05) is 12.2 Å². The van der Waals surface area contributed by atoms with Crippen LogP contribution >= 0.6 is 0 Å². The van der Waals surface area contributed by atoms with Gasteiger partial charge in [-0.25, -0.2) is 0 Å². The molecule has 3 N–H and O–H groups in total. The molecule has 106 valence electrons. The molecule has 1 aromatic carbocycles. The fourth-order valence-corrected chi connectivity index (χ4v) is 2.15. The van der Waals surface area contributed by atoms with Gasteiger partial charge in [0.15, 0.2) is 0 Å². The Kier molecular flexibility index (Phi) is 4.40. The number of allylic oxidation sites excluding steroid dienone is 1. The Balaban J connectivity index is 1.95. The van der Waals surface area contributed by atoms with Crippen LogP contribution in [0.15, 0.2) is 30.4 Å². The molecule has 0 aliphatic heterocycles. The lowest BCUT2D eigenvalue weighted by molar-refractivity contribution is -0.124. The first kappa shape index (κ1) is 14.1. The zero-order chi connectivity index (χ0) is 14.5. The van der Waals surface area contributed by atoms with Gasteiger partial charge < -0.3 is 5.11 Å². The van der Waals surface area contributed by atoms with Crippen molar-refractivity contribution >= 4 is 11.8 Å². The Labute approximate surface area is 117 Å². The van der Waals surface area contributed by atoms with Crippen molar-refractivity contribution in [2.45, 2.75) is 26.2 Å². The molecule has 0 radical (unpaired) electrons. The van der Waals surface area contributed by atoms with Crippen molar-refractivity contribution in [1.29, 1.82) is 0 Å². The van der Waals surface area contributed by atoms with Crippen LogP contribution in [-0.4, -0.2) is 16.9 Å². The van der Waals surface area contributed by atoms with Gasteiger partial charge in [-0.3, -0.25) is 20.4 Å². The molecule has 5 heteroatoms. The van der Waals surface area contributed by atoms with Crippen molar-refractivity contribution in [2.24, 2.45) is 5.92 Å². The van der Waals surface area contributed by atoms with Gasteiger partial charge in [0.05, 0.1) is 11.5 Å².